The summed E-state index contributed by atoms with van der Waals surface area (Å²) < 4.78 is 18.8. The first kappa shape index (κ1) is 26.7. The second-order valence-electron chi connectivity index (χ2n) is 11.8. The van der Waals surface area contributed by atoms with Gasteiger partial charge in [-0.1, -0.05) is 86.2 Å². The molecule has 0 aromatic heterocycles. The normalized spacial score (nSPS) is 17.8. The first-order valence-electron chi connectivity index (χ1n) is 14.3. The first-order chi connectivity index (χ1) is 20.3. The summed E-state index contributed by atoms with van der Waals surface area (Å²) in [6.07, 6.45) is 4.51. The van der Waals surface area contributed by atoms with Crippen LogP contribution in [-0.2, 0) is 16.8 Å². The fourth-order valence-electron chi connectivity index (χ4n) is 6.95. The zero-order valence-corrected chi connectivity index (χ0v) is 25.5. The zero-order chi connectivity index (χ0) is 29.2. The molecule has 210 valence electrons. The molecule has 4 heteroatoms. The highest BCUT2D eigenvalue weighted by Crippen LogP contribution is 2.58. The van der Waals surface area contributed by atoms with Crippen molar-refractivity contribution in [3.8, 4) is 28.4 Å². The average molecular weight is 571 g/mol. The minimum absolute atomic E-state index is 0.205. The second-order valence-corrected chi connectivity index (χ2v) is 12.1. The molecule has 1 aliphatic carbocycles. The Hall–Kier alpha value is -4.15. The highest BCUT2D eigenvalue weighted by Gasteiger charge is 2.44. The van der Waals surface area contributed by atoms with E-state index in [0.717, 1.165) is 50.3 Å². The van der Waals surface area contributed by atoms with Gasteiger partial charge < -0.3 is 14.2 Å². The maximum atomic E-state index is 7.41. The third-order valence-corrected chi connectivity index (χ3v) is 9.45. The molecule has 0 saturated carbocycles. The minimum Gasteiger partial charge on any atom is -0.497 e. The third kappa shape index (κ3) is 3.74. The van der Waals surface area contributed by atoms with Gasteiger partial charge in [0.2, 0.25) is 0 Å². The van der Waals surface area contributed by atoms with Crippen LogP contribution in [0.15, 0.2) is 91.0 Å². The van der Waals surface area contributed by atoms with Gasteiger partial charge in [-0.2, -0.15) is 12.6 Å². The van der Waals surface area contributed by atoms with Crippen LogP contribution >= 0.6 is 12.6 Å². The average Bonchev–Trinajstić information content (AvgIpc) is 3.27. The molecule has 0 amide bonds. The number of hydrogen-bond donors (Lipinski definition) is 1. The molecule has 0 saturated heterocycles. The molecule has 0 bridgehead atoms. The van der Waals surface area contributed by atoms with Gasteiger partial charge >= 0.3 is 0 Å². The van der Waals surface area contributed by atoms with Gasteiger partial charge in [-0.25, -0.2) is 0 Å². The highest BCUT2D eigenvalue weighted by atomic mass is 32.1. The van der Waals surface area contributed by atoms with Gasteiger partial charge in [0, 0.05) is 38.8 Å². The standard InChI is InChI=1S/C38H34O3S/c1-23-10-12-25(13-11-23)38(26-14-16-27(39-4)17-15-26)19-18-29-35-34(28-8-6-7-9-32(28)37(35,2)3)30-20-24(22-42)33(40-5)21-31(30)36(29)41-38/h6-21,42H,22H2,1-5H3. The minimum atomic E-state index is -0.834. The number of hydrogen-bond acceptors (Lipinski definition) is 4. The Morgan fingerprint density at radius 3 is 2.17 bits per heavy atom. The Morgan fingerprint density at radius 1 is 0.810 bits per heavy atom. The number of fused-ring (bicyclic) bond motifs is 8. The molecule has 0 fully saturated rings. The lowest BCUT2D eigenvalue weighted by molar-refractivity contribution is 0.163. The van der Waals surface area contributed by atoms with E-state index in [1.54, 1.807) is 14.2 Å². The van der Waals surface area contributed by atoms with E-state index in [-0.39, 0.29) is 5.41 Å². The monoisotopic (exact) mass is 570 g/mol. The predicted molar refractivity (Wildman–Crippen MR) is 175 cm³/mol. The number of ether oxygens (including phenoxy) is 3. The van der Waals surface area contributed by atoms with E-state index >= 15 is 0 Å². The molecule has 1 unspecified atom stereocenters. The number of aryl methyl sites for hydroxylation is 1. The molecular weight excluding hydrogens is 536 g/mol. The fraction of sp³-hybridized carbons (Fsp3) is 0.211. The summed E-state index contributed by atoms with van der Waals surface area (Å²) in [5.41, 5.74) is 9.62. The van der Waals surface area contributed by atoms with Gasteiger partial charge in [-0.05, 0) is 64.9 Å². The maximum absolute atomic E-state index is 7.41. The summed E-state index contributed by atoms with van der Waals surface area (Å²) >= 11 is 4.67. The number of thiol groups is 1. The van der Waals surface area contributed by atoms with E-state index in [4.69, 9.17) is 14.2 Å². The van der Waals surface area contributed by atoms with E-state index in [9.17, 15) is 0 Å². The Balaban J connectivity index is 1.58. The molecular formula is C38H34O3S. The molecule has 1 heterocycles. The lowest BCUT2D eigenvalue weighted by Gasteiger charge is -2.38. The Labute approximate surface area is 253 Å². The van der Waals surface area contributed by atoms with Crippen LogP contribution < -0.4 is 14.2 Å². The number of rotatable bonds is 5. The van der Waals surface area contributed by atoms with Crippen LogP contribution in [0.4, 0.5) is 0 Å². The van der Waals surface area contributed by atoms with E-state index in [1.807, 2.05) is 12.1 Å². The van der Waals surface area contributed by atoms with Crippen LogP contribution in [0.5, 0.6) is 17.2 Å². The van der Waals surface area contributed by atoms with Crippen LogP contribution in [0.2, 0.25) is 0 Å². The summed E-state index contributed by atoms with van der Waals surface area (Å²) in [5, 5.41) is 2.20. The Kier molecular flexibility index (Phi) is 6.18. The predicted octanol–water partition coefficient (Wildman–Crippen LogP) is 9.25. The van der Waals surface area contributed by atoms with Crippen LogP contribution in [0, 0.1) is 6.92 Å². The largest absolute Gasteiger partial charge is 0.497 e. The van der Waals surface area contributed by atoms with Crippen molar-refractivity contribution >= 4 is 29.5 Å². The summed E-state index contributed by atoms with van der Waals surface area (Å²) in [5.74, 6) is 3.07. The molecule has 0 radical (unpaired) electrons. The molecule has 42 heavy (non-hydrogen) atoms. The second kappa shape index (κ2) is 9.71. The van der Waals surface area contributed by atoms with Gasteiger partial charge in [0.15, 0.2) is 5.60 Å². The van der Waals surface area contributed by atoms with E-state index in [2.05, 4.69) is 118 Å². The van der Waals surface area contributed by atoms with Crippen molar-refractivity contribution in [2.24, 2.45) is 0 Å². The van der Waals surface area contributed by atoms with Crippen molar-refractivity contribution in [3.05, 3.63) is 130 Å². The Bertz CT molecular complexity index is 1880. The zero-order valence-electron chi connectivity index (χ0n) is 24.6. The van der Waals surface area contributed by atoms with Crippen LogP contribution in [0.1, 0.15) is 52.8 Å². The molecule has 1 aliphatic heterocycles. The van der Waals surface area contributed by atoms with Crippen molar-refractivity contribution < 1.29 is 14.2 Å². The lowest BCUT2D eigenvalue weighted by Crippen LogP contribution is -2.35. The van der Waals surface area contributed by atoms with E-state index in [0.29, 0.717) is 5.75 Å². The topological polar surface area (TPSA) is 27.7 Å². The van der Waals surface area contributed by atoms with Gasteiger partial charge in [0.25, 0.3) is 0 Å². The van der Waals surface area contributed by atoms with Crippen LogP contribution in [-0.4, -0.2) is 14.2 Å². The summed E-state index contributed by atoms with van der Waals surface area (Å²) in [7, 11) is 3.41. The molecule has 5 aromatic rings. The smallest absolute Gasteiger partial charge is 0.178 e. The summed E-state index contributed by atoms with van der Waals surface area (Å²) in [6, 6.07) is 30.0. The van der Waals surface area contributed by atoms with Crippen molar-refractivity contribution in [2.45, 2.75) is 37.5 Å². The van der Waals surface area contributed by atoms with Crippen LogP contribution in [0.25, 0.3) is 28.0 Å². The highest BCUT2D eigenvalue weighted by molar-refractivity contribution is 7.79. The van der Waals surface area contributed by atoms with Crippen molar-refractivity contribution in [2.75, 3.05) is 14.2 Å². The molecule has 0 spiro atoms. The van der Waals surface area contributed by atoms with E-state index < -0.39 is 5.60 Å². The maximum Gasteiger partial charge on any atom is 0.178 e. The molecule has 3 nitrogen and oxygen atoms in total. The summed E-state index contributed by atoms with van der Waals surface area (Å²) in [6.45, 7) is 6.76. The Morgan fingerprint density at radius 2 is 1.50 bits per heavy atom. The SMILES string of the molecule is COc1ccc(C2(c3ccc(C)cc3)C=Cc3c4c(c5cc(CS)c(OC)cc5c3O2)-c2ccccc2C4(C)C)cc1. The molecule has 5 aromatic carbocycles. The lowest BCUT2D eigenvalue weighted by atomic mass is 9.76. The van der Waals surface area contributed by atoms with Gasteiger partial charge in [0.1, 0.15) is 17.2 Å². The van der Waals surface area contributed by atoms with Gasteiger partial charge in [-0.15, -0.1) is 0 Å². The molecule has 0 N–H and O–H groups in total. The first-order valence-corrected chi connectivity index (χ1v) is 15.0. The fourth-order valence-corrected chi connectivity index (χ4v) is 7.20. The molecule has 7 rings (SSSR count). The number of methoxy groups -OCH3 is 2. The van der Waals surface area contributed by atoms with Crippen LogP contribution in [0.3, 0.4) is 0 Å². The van der Waals surface area contributed by atoms with Crippen molar-refractivity contribution in [1.29, 1.82) is 0 Å². The van der Waals surface area contributed by atoms with Crippen molar-refractivity contribution in [1.82, 2.24) is 0 Å². The van der Waals surface area contributed by atoms with Gasteiger partial charge in [0.05, 0.1) is 14.2 Å². The third-order valence-electron chi connectivity index (χ3n) is 9.11. The molecule has 1 atom stereocenters. The molecule has 2 aliphatic rings. The van der Waals surface area contributed by atoms with E-state index in [1.165, 1.54) is 27.8 Å². The summed E-state index contributed by atoms with van der Waals surface area (Å²) in [4.78, 5) is 0. The number of benzene rings is 5. The quantitative estimate of drug-likeness (QED) is 0.214. The van der Waals surface area contributed by atoms with Gasteiger partial charge in [-0.3, -0.25) is 0 Å². The van der Waals surface area contributed by atoms with Crippen molar-refractivity contribution in [3.63, 3.8) is 0 Å².